The van der Waals surface area contributed by atoms with Gasteiger partial charge < -0.3 is 5.32 Å². The summed E-state index contributed by atoms with van der Waals surface area (Å²) < 4.78 is 0. The number of thiophene rings is 1. The summed E-state index contributed by atoms with van der Waals surface area (Å²) in [5.74, 6) is 0. The predicted octanol–water partition coefficient (Wildman–Crippen LogP) is 3.34. The summed E-state index contributed by atoms with van der Waals surface area (Å²) in [6, 6.07) is 6.85. The lowest BCUT2D eigenvalue weighted by molar-refractivity contribution is 0.550. The highest BCUT2D eigenvalue weighted by Gasteiger charge is 2.10. The molecule has 0 aromatic carbocycles. The Morgan fingerprint density at radius 3 is 2.94 bits per heavy atom. The molecule has 2 aromatic rings. The first-order valence-electron chi connectivity index (χ1n) is 5.91. The molecule has 2 nitrogen and oxygen atoms in total. The molecule has 3 heteroatoms. The lowest BCUT2D eigenvalue weighted by Gasteiger charge is -2.14. The van der Waals surface area contributed by atoms with Crippen LogP contribution in [0.1, 0.15) is 28.5 Å². The molecule has 0 bridgehead atoms. The van der Waals surface area contributed by atoms with E-state index in [0.29, 0.717) is 6.04 Å². The molecule has 2 heterocycles. The topological polar surface area (TPSA) is 24.9 Å². The van der Waals surface area contributed by atoms with Crippen molar-refractivity contribution in [2.24, 2.45) is 0 Å². The monoisotopic (exact) mass is 246 g/mol. The standard InChI is InChI=1S/C14H18N2S/c1-11-8-13(10-17-11)14(15-2)6-5-12-4-3-7-16-9-12/h3-4,7-10,14-15H,5-6H2,1-2H3. The Kier molecular flexibility index (Phi) is 4.29. The highest BCUT2D eigenvalue weighted by molar-refractivity contribution is 7.10. The number of aromatic nitrogens is 1. The summed E-state index contributed by atoms with van der Waals surface area (Å²) in [7, 11) is 2.03. The summed E-state index contributed by atoms with van der Waals surface area (Å²) in [4.78, 5) is 5.52. The Hall–Kier alpha value is -1.19. The molecule has 0 radical (unpaired) electrons. The second-order valence-electron chi connectivity index (χ2n) is 4.23. The third-order valence-electron chi connectivity index (χ3n) is 2.95. The third-order valence-corrected chi connectivity index (χ3v) is 3.83. The fourth-order valence-corrected chi connectivity index (χ4v) is 2.74. The maximum absolute atomic E-state index is 4.15. The van der Waals surface area contributed by atoms with Gasteiger partial charge in [0.15, 0.2) is 0 Å². The molecule has 0 saturated heterocycles. The Morgan fingerprint density at radius 2 is 2.35 bits per heavy atom. The molecule has 0 fully saturated rings. The second kappa shape index (κ2) is 5.94. The molecule has 0 spiro atoms. The number of nitrogens with zero attached hydrogens (tertiary/aromatic N) is 1. The van der Waals surface area contributed by atoms with Crippen LogP contribution in [0.5, 0.6) is 0 Å². The van der Waals surface area contributed by atoms with Crippen molar-refractivity contribution in [1.82, 2.24) is 10.3 Å². The van der Waals surface area contributed by atoms with E-state index in [1.54, 1.807) is 0 Å². The average Bonchev–Trinajstić information content (AvgIpc) is 2.78. The summed E-state index contributed by atoms with van der Waals surface area (Å²) >= 11 is 1.82. The van der Waals surface area contributed by atoms with Crippen LogP contribution in [0.4, 0.5) is 0 Å². The molecular weight excluding hydrogens is 228 g/mol. The zero-order valence-corrected chi connectivity index (χ0v) is 11.1. The van der Waals surface area contributed by atoms with Gasteiger partial charge in [-0.1, -0.05) is 6.07 Å². The first-order chi connectivity index (χ1) is 8.29. The molecule has 2 rings (SSSR count). The molecule has 90 valence electrons. The van der Waals surface area contributed by atoms with Gasteiger partial charge in [0.1, 0.15) is 0 Å². The van der Waals surface area contributed by atoms with Crippen LogP contribution in [0.3, 0.4) is 0 Å². The Labute approximate surface area is 107 Å². The summed E-state index contributed by atoms with van der Waals surface area (Å²) in [6.45, 7) is 2.15. The van der Waals surface area contributed by atoms with Gasteiger partial charge in [-0.05, 0) is 55.5 Å². The number of pyridine rings is 1. The summed E-state index contributed by atoms with van der Waals surface area (Å²) in [6.07, 6.45) is 5.94. The lowest BCUT2D eigenvalue weighted by atomic mass is 10.0. The van der Waals surface area contributed by atoms with Crippen molar-refractivity contribution in [2.75, 3.05) is 7.05 Å². The van der Waals surface area contributed by atoms with Crippen molar-refractivity contribution in [1.29, 1.82) is 0 Å². The first kappa shape index (κ1) is 12.3. The fraction of sp³-hybridized carbons (Fsp3) is 0.357. The predicted molar refractivity (Wildman–Crippen MR) is 73.4 cm³/mol. The van der Waals surface area contributed by atoms with E-state index >= 15 is 0 Å². The fourth-order valence-electron chi connectivity index (χ4n) is 1.98. The smallest absolute Gasteiger partial charge is 0.0329 e. The van der Waals surface area contributed by atoms with Gasteiger partial charge in [-0.15, -0.1) is 11.3 Å². The number of nitrogens with one attached hydrogen (secondary N) is 1. The molecule has 0 aliphatic rings. The molecule has 0 saturated carbocycles. The summed E-state index contributed by atoms with van der Waals surface area (Å²) in [5.41, 5.74) is 2.71. The maximum Gasteiger partial charge on any atom is 0.0329 e. The lowest BCUT2D eigenvalue weighted by Crippen LogP contribution is -2.16. The van der Waals surface area contributed by atoms with Gasteiger partial charge in [-0.2, -0.15) is 0 Å². The van der Waals surface area contributed by atoms with Gasteiger partial charge in [-0.3, -0.25) is 4.98 Å². The highest BCUT2D eigenvalue weighted by atomic mass is 32.1. The quantitative estimate of drug-likeness (QED) is 0.875. The molecule has 0 amide bonds. The van der Waals surface area contributed by atoms with Gasteiger partial charge in [-0.25, -0.2) is 0 Å². The molecule has 1 N–H and O–H groups in total. The van der Waals surface area contributed by atoms with Gasteiger partial charge >= 0.3 is 0 Å². The van der Waals surface area contributed by atoms with E-state index in [0.717, 1.165) is 12.8 Å². The average molecular weight is 246 g/mol. The number of hydrogen-bond donors (Lipinski definition) is 1. The van der Waals surface area contributed by atoms with Gasteiger partial charge in [0.25, 0.3) is 0 Å². The molecule has 0 aliphatic heterocycles. The molecular formula is C14H18N2S. The van der Waals surface area contributed by atoms with Crippen molar-refractivity contribution in [3.05, 3.63) is 52.0 Å². The Morgan fingerprint density at radius 1 is 1.47 bits per heavy atom. The minimum atomic E-state index is 0.445. The van der Waals surface area contributed by atoms with E-state index in [9.17, 15) is 0 Å². The van der Waals surface area contributed by atoms with Crippen LogP contribution in [0.2, 0.25) is 0 Å². The van der Waals surface area contributed by atoms with Crippen molar-refractivity contribution in [3.63, 3.8) is 0 Å². The number of aryl methyl sites for hydroxylation is 2. The van der Waals surface area contributed by atoms with Crippen LogP contribution in [0.15, 0.2) is 36.0 Å². The minimum Gasteiger partial charge on any atom is -0.313 e. The van der Waals surface area contributed by atoms with E-state index in [1.165, 1.54) is 16.0 Å². The number of rotatable bonds is 5. The molecule has 17 heavy (non-hydrogen) atoms. The Bertz CT molecular complexity index is 450. The molecule has 0 aliphatic carbocycles. The zero-order chi connectivity index (χ0) is 12.1. The largest absolute Gasteiger partial charge is 0.313 e. The van der Waals surface area contributed by atoms with Crippen molar-refractivity contribution in [2.45, 2.75) is 25.8 Å². The van der Waals surface area contributed by atoms with Crippen LogP contribution in [0, 0.1) is 6.92 Å². The van der Waals surface area contributed by atoms with Crippen LogP contribution in [-0.2, 0) is 6.42 Å². The second-order valence-corrected chi connectivity index (χ2v) is 5.35. The van der Waals surface area contributed by atoms with Crippen molar-refractivity contribution in [3.8, 4) is 0 Å². The first-order valence-corrected chi connectivity index (χ1v) is 6.79. The minimum absolute atomic E-state index is 0.445. The van der Waals surface area contributed by atoms with Crippen LogP contribution in [-0.4, -0.2) is 12.0 Å². The van der Waals surface area contributed by atoms with E-state index in [1.807, 2.05) is 36.8 Å². The normalized spacial score (nSPS) is 12.6. The number of hydrogen-bond acceptors (Lipinski definition) is 3. The van der Waals surface area contributed by atoms with Crippen LogP contribution < -0.4 is 5.32 Å². The molecule has 2 aromatic heterocycles. The maximum atomic E-state index is 4.15. The highest BCUT2D eigenvalue weighted by Crippen LogP contribution is 2.23. The zero-order valence-electron chi connectivity index (χ0n) is 10.3. The Balaban J connectivity index is 1.97. The van der Waals surface area contributed by atoms with Gasteiger partial charge in [0.2, 0.25) is 0 Å². The summed E-state index contributed by atoms with van der Waals surface area (Å²) in [5, 5.41) is 5.64. The SMILES string of the molecule is CNC(CCc1cccnc1)c1csc(C)c1. The molecule has 1 unspecified atom stereocenters. The van der Waals surface area contributed by atoms with Crippen LogP contribution in [0.25, 0.3) is 0 Å². The third kappa shape index (κ3) is 3.38. The van der Waals surface area contributed by atoms with Gasteiger partial charge in [0, 0.05) is 23.3 Å². The van der Waals surface area contributed by atoms with E-state index in [4.69, 9.17) is 0 Å². The molecule has 1 atom stereocenters. The van der Waals surface area contributed by atoms with E-state index < -0.39 is 0 Å². The van der Waals surface area contributed by atoms with Crippen molar-refractivity contribution >= 4 is 11.3 Å². The van der Waals surface area contributed by atoms with E-state index in [2.05, 4.69) is 34.7 Å². The van der Waals surface area contributed by atoms with Gasteiger partial charge in [0.05, 0.1) is 0 Å². The van der Waals surface area contributed by atoms with E-state index in [-0.39, 0.29) is 0 Å². The van der Waals surface area contributed by atoms with Crippen LogP contribution >= 0.6 is 11.3 Å². The van der Waals surface area contributed by atoms with Crippen molar-refractivity contribution < 1.29 is 0 Å².